The number of fused-ring (bicyclic) bond motifs is 1. The van der Waals surface area contributed by atoms with E-state index in [-0.39, 0.29) is 17.1 Å². The van der Waals surface area contributed by atoms with Crippen LogP contribution in [-0.2, 0) is 9.16 Å². The van der Waals surface area contributed by atoms with Gasteiger partial charge in [-0.1, -0.05) is 39.0 Å². The lowest BCUT2D eigenvalue weighted by molar-refractivity contribution is 0.0199. The van der Waals surface area contributed by atoms with E-state index in [2.05, 4.69) is 33.9 Å². The Bertz CT molecular complexity index is 488. The second kappa shape index (κ2) is 4.76. The van der Waals surface area contributed by atoms with E-state index in [9.17, 15) is 4.79 Å². The molecule has 1 aromatic rings. The lowest BCUT2D eigenvalue weighted by Crippen LogP contribution is -2.43. The Morgan fingerprint density at radius 1 is 1.26 bits per heavy atom. The fraction of sp³-hybridized carbons (Fsp3) is 0.533. The lowest BCUT2D eigenvalue weighted by Gasteiger charge is -2.40. The van der Waals surface area contributed by atoms with Gasteiger partial charge in [0.25, 0.3) is 0 Å². The van der Waals surface area contributed by atoms with E-state index in [1.165, 1.54) is 0 Å². The Hall–Kier alpha value is -1.13. The minimum atomic E-state index is -1.87. The molecule has 0 aliphatic carbocycles. The number of esters is 1. The maximum Gasteiger partial charge on any atom is 0.338 e. The first-order chi connectivity index (χ1) is 8.72. The molecule has 0 N–H and O–H groups in total. The maximum absolute atomic E-state index is 11.7. The number of carbonyl (C=O) groups is 1. The molecule has 0 radical (unpaired) electrons. The Morgan fingerprint density at radius 2 is 1.89 bits per heavy atom. The smallest absolute Gasteiger partial charge is 0.338 e. The van der Waals surface area contributed by atoms with Crippen molar-refractivity contribution in [1.29, 1.82) is 0 Å². The summed E-state index contributed by atoms with van der Waals surface area (Å²) in [6.07, 6.45) is -0.130. The van der Waals surface area contributed by atoms with E-state index in [1.54, 1.807) is 6.07 Å². The fourth-order valence-corrected chi connectivity index (χ4v) is 3.17. The van der Waals surface area contributed by atoms with Crippen LogP contribution >= 0.6 is 0 Å². The molecule has 1 aromatic carbocycles. The van der Waals surface area contributed by atoms with Crippen molar-refractivity contribution in [1.82, 2.24) is 0 Å². The molecule has 0 amide bonds. The van der Waals surface area contributed by atoms with Crippen molar-refractivity contribution < 1.29 is 14.0 Å². The van der Waals surface area contributed by atoms with E-state index in [1.807, 2.05) is 18.2 Å². The van der Waals surface area contributed by atoms with Gasteiger partial charge in [0.1, 0.15) is 12.7 Å². The van der Waals surface area contributed by atoms with Crippen molar-refractivity contribution in [2.24, 2.45) is 0 Å². The van der Waals surface area contributed by atoms with Gasteiger partial charge in [-0.2, -0.15) is 0 Å². The average molecular weight is 278 g/mol. The van der Waals surface area contributed by atoms with E-state index in [4.69, 9.17) is 9.16 Å². The number of hydrogen-bond acceptors (Lipinski definition) is 3. The van der Waals surface area contributed by atoms with E-state index < -0.39 is 8.32 Å². The van der Waals surface area contributed by atoms with Gasteiger partial charge >= 0.3 is 5.97 Å². The number of benzene rings is 1. The molecule has 0 saturated carbocycles. The molecule has 0 bridgehead atoms. The molecule has 0 aromatic heterocycles. The standard InChI is InChI=1S/C15H22O3Si/c1-15(2,3)19(4,5)18-13-10-17-14(16)12-9-7-6-8-11(12)13/h6-9,13H,10H2,1-5H3. The maximum atomic E-state index is 11.7. The Morgan fingerprint density at radius 3 is 2.53 bits per heavy atom. The van der Waals surface area contributed by atoms with Gasteiger partial charge in [-0.15, -0.1) is 0 Å². The van der Waals surface area contributed by atoms with Crippen LogP contribution in [0.5, 0.6) is 0 Å². The Balaban J connectivity index is 2.29. The van der Waals surface area contributed by atoms with E-state index >= 15 is 0 Å². The minimum Gasteiger partial charge on any atom is -0.459 e. The third-order valence-corrected chi connectivity index (χ3v) is 8.62. The predicted molar refractivity (Wildman–Crippen MR) is 77.7 cm³/mol. The van der Waals surface area contributed by atoms with Crippen LogP contribution in [0.3, 0.4) is 0 Å². The first kappa shape index (κ1) is 14.3. The fourth-order valence-electron chi connectivity index (χ4n) is 1.91. The monoisotopic (exact) mass is 278 g/mol. The molecule has 1 unspecified atom stereocenters. The second-order valence-corrected chi connectivity index (χ2v) is 11.3. The summed E-state index contributed by atoms with van der Waals surface area (Å²) in [6.45, 7) is 11.4. The summed E-state index contributed by atoms with van der Waals surface area (Å²) in [7, 11) is -1.87. The lowest BCUT2D eigenvalue weighted by atomic mass is 10.0. The second-order valence-electron chi connectivity index (χ2n) is 6.55. The van der Waals surface area contributed by atoms with Crippen LogP contribution < -0.4 is 0 Å². The molecule has 3 nitrogen and oxygen atoms in total. The molecule has 0 saturated heterocycles. The molecule has 1 heterocycles. The summed E-state index contributed by atoms with van der Waals surface area (Å²) < 4.78 is 11.6. The Kier molecular flexibility index (Phi) is 3.58. The summed E-state index contributed by atoms with van der Waals surface area (Å²) >= 11 is 0. The molecular formula is C15H22O3Si. The highest BCUT2D eigenvalue weighted by atomic mass is 28.4. The van der Waals surface area contributed by atoms with Gasteiger partial charge in [0.05, 0.1) is 5.56 Å². The number of hydrogen-bond donors (Lipinski definition) is 0. The summed E-state index contributed by atoms with van der Waals surface area (Å²) in [6, 6.07) is 7.57. The highest BCUT2D eigenvalue weighted by Crippen LogP contribution is 2.41. The first-order valence-electron chi connectivity index (χ1n) is 6.66. The van der Waals surface area contributed by atoms with Crippen molar-refractivity contribution in [2.45, 2.75) is 45.0 Å². The van der Waals surface area contributed by atoms with E-state index in [0.717, 1.165) is 5.56 Å². The molecule has 1 atom stereocenters. The normalized spacial score (nSPS) is 19.8. The summed E-state index contributed by atoms with van der Waals surface area (Å²) in [5.41, 5.74) is 1.60. The van der Waals surface area contributed by atoms with Gasteiger partial charge in [0.15, 0.2) is 8.32 Å². The van der Waals surface area contributed by atoms with Crippen LogP contribution in [0.15, 0.2) is 24.3 Å². The Labute approximate surface area is 116 Å². The van der Waals surface area contributed by atoms with Crippen LogP contribution in [0, 0.1) is 0 Å². The quantitative estimate of drug-likeness (QED) is 0.607. The molecular weight excluding hydrogens is 256 g/mol. The highest BCUT2D eigenvalue weighted by Gasteiger charge is 2.41. The topological polar surface area (TPSA) is 35.5 Å². The van der Waals surface area contributed by atoms with Crippen LogP contribution in [0.4, 0.5) is 0 Å². The molecule has 1 aliphatic rings. The molecule has 4 heteroatoms. The average Bonchev–Trinajstić information content (AvgIpc) is 2.32. The molecule has 1 aliphatic heterocycles. The zero-order chi connectivity index (χ0) is 14.3. The number of ether oxygens (including phenoxy) is 1. The van der Waals surface area contributed by atoms with Crippen LogP contribution in [0.25, 0.3) is 0 Å². The van der Waals surface area contributed by atoms with Gasteiger partial charge in [0.2, 0.25) is 0 Å². The van der Waals surface area contributed by atoms with Crippen molar-refractivity contribution in [2.75, 3.05) is 6.61 Å². The number of rotatable bonds is 2. The molecule has 2 rings (SSSR count). The zero-order valence-corrected chi connectivity index (χ0v) is 13.3. The number of cyclic esters (lactones) is 1. The van der Waals surface area contributed by atoms with Gasteiger partial charge < -0.3 is 9.16 Å². The van der Waals surface area contributed by atoms with Gasteiger partial charge in [-0.25, -0.2) is 4.79 Å². The summed E-state index contributed by atoms with van der Waals surface area (Å²) in [5, 5.41) is 0.142. The number of carbonyl (C=O) groups excluding carboxylic acids is 1. The van der Waals surface area contributed by atoms with Crippen molar-refractivity contribution in [3.8, 4) is 0 Å². The van der Waals surface area contributed by atoms with Gasteiger partial charge in [-0.3, -0.25) is 0 Å². The predicted octanol–water partition coefficient (Wildman–Crippen LogP) is 3.92. The van der Waals surface area contributed by atoms with Crippen LogP contribution in [0.1, 0.15) is 42.8 Å². The highest BCUT2D eigenvalue weighted by molar-refractivity contribution is 6.74. The molecule has 0 spiro atoms. The summed E-state index contributed by atoms with van der Waals surface area (Å²) in [5.74, 6) is -0.245. The van der Waals surface area contributed by atoms with Gasteiger partial charge in [-0.05, 0) is 29.8 Å². The summed E-state index contributed by atoms with van der Waals surface area (Å²) in [4.78, 5) is 11.7. The van der Waals surface area contributed by atoms with E-state index in [0.29, 0.717) is 12.2 Å². The first-order valence-corrected chi connectivity index (χ1v) is 9.57. The third kappa shape index (κ3) is 2.74. The molecule has 19 heavy (non-hydrogen) atoms. The third-order valence-electron chi connectivity index (χ3n) is 4.14. The van der Waals surface area contributed by atoms with Crippen molar-refractivity contribution >= 4 is 14.3 Å². The van der Waals surface area contributed by atoms with Crippen molar-refractivity contribution in [3.05, 3.63) is 35.4 Å². The molecule has 0 fully saturated rings. The largest absolute Gasteiger partial charge is 0.459 e. The molecule has 104 valence electrons. The van der Waals surface area contributed by atoms with Gasteiger partial charge in [0, 0.05) is 0 Å². The minimum absolute atomic E-state index is 0.130. The van der Waals surface area contributed by atoms with Crippen molar-refractivity contribution in [3.63, 3.8) is 0 Å². The van der Waals surface area contributed by atoms with Crippen LogP contribution in [-0.4, -0.2) is 20.9 Å². The SMILES string of the molecule is CC(C)(C)[Si](C)(C)OC1COC(=O)c2ccccc21. The van der Waals surface area contributed by atoms with Crippen LogP contribution in [0.2, 0.25) is 18.1 Å². The zero-order valence-electron chi connectivity index (χ0n) is 12.3.